The van der Waals surface area contributed by atoms with Gasteiger partial charge < -0.3 is 9.47 Å². The number of methoxy groups -OCH3 is 1. The monoisotopic (exact) mass is 609 g/mol. The SMILES string of the molecule is COc1ccc(Oc2c(Cl)cc(N3CC(=O)NC3=O)cc2Cl)cc1S(=O)(=O)N(C1CCCCC1)C1CCCCC1. The number of urea groups is 1. The van der Waals surface area contributed by atoms with Gasteiger partial charge in [0.1, 0.15) is 22.9 Å². The highest BCUT2D eigenvalue weighted by Crippen LogP contribution is 2.43. The van der Waals surface area contributed by atoms with Gasteiger partial charge in [-0.15, -0.1) is 0 Å². The summed E-state index contributed by atoms with van der Waals surface area (Å²) >= 11 is 13.0. The maximum atomic E-state index is 14.4. The van der Waals surface area contributed by atoms with Crippen molar-refractivity contribution in [1.82, 2.24) is 9.62 Å². The van der Waals surface area contributed by atoms with Crippen LogP contribution in [-0.2, 0) is 14.8 Å². The van der Waals surface area contributed by atoms with Gasteiger partial charge in [0, 0.05) is 23.8 Å². The molecule has 1 saturated heterocycles. The smallest absolute Gasteiger partial charge is 0.329 e. The van der Waals surface area contributed by atoms with Gasteiger partial charge in [-0.3, -0.25) is 15.0 Å². The minimum absolute atomic E-state index is 0.0396. The number of nitrogens with one attached hydrogen (secondary N) is 1. The molecule has 3 aliphatic rings. The molecule has 2 saturated carbocycles. The number of carbonyl (C=O) groups is 2. The standard InChI is InChI=1S/C28H33Cl2N3O6S/c1-38-24-13-12-21(39-27-22(29)14-20(15-23(27)30)32-17-26(34)31-28(32)35)16-25(24)40(36,37)33(18-8-4-2-5-9-18)19-10-6-3-7-11-19/h12-16,18-19H,2-11,17H2,1H3,(H,31,34,35). The normalized spacial score (nSPS) is 19.2. The molecule has 3 amide bonds. The van der Waals surface area contributed by atoms with Gasteiger partial charge >= 0.3 is 6.03 Å². The van der Waals surface area contributed by atoms with Crippen LogP contribution in [0.4, 0.5) is 10.5 Å². The Morgan fingerprint density at radius 2 is 1.48 bits per heavy atom. The maximum Gasteiger partial charge on any atom is 0.329 e. The summed E-state index contributed by atoms with van der Waals surface area (Å²) in [6.07, 6.45) is 9.74. The van der Waals surface area contributed by atoms with Crippen molar-refractivity contribution in [3.05, 3.63) is 40.4 Å². The molecular weight excluding hydrogens is 577 g/mol. The van der Waals surface area contributed by atoms with E-state index in [1.165, 1.54) is 30.2 Å². The molecule has 1 aliphatic heterocycles. The second-order valence-electron chi connectivity index (χ2n) is 10.5. The molecule has 0 bridgehead atoms. The average Bonchev–Trinajstić information content (AvgIpc) is 3.29. The fourth-order valence-electron chi connectivity index (χ4n) is 5.97. The molecule has 2 aromatic carbocycles. The Labute approximate surface area is 244 Å². The van der Waals surface area contributed by atoms with Crippen LogP contribution >= 0.6 is 23.2 Å². The molecule has 0 unspecified atom stereocenters. The first-order valence-electron chi connectivity index (χ1n) is 13.7. The van der Waals surface area contributed by atoms with Crippen molar-refractivity contribution in [1.29, 1.82) is 0 Å². The van der Waals surface area contributed by atoms with Crippen molar-refractivity contribution in [3.63, 3.8) is 0 Å². The number of anilines is 1. The number of hydrogen-bond acceptors (Lipinski definition) is 6. The molecule has 216 valence electrons. The third-order valence-electron chi connectivity index (χ3n) is 7.87. The van der Waals surface area contributed by atoms with Gasteiger partial charge in [0.15, 0.2) is 5.75 Å². The maximum absolute atomic E-state index is 14.4. The van der Waals surface area contributed by atoms with Crippen LogP contribution in [0.1, 0.15) is 64.2 Å². The van der Waals surface area contributed by atoms with E-state index in [2.05, 4.69) is 5.32 Å². The van der Waals surface area contributed by atoms with Crippen molar-refractivity contribution >= 4 is 50.9 Å². The van der Waals surface area contributed by atoms with Crippen molar-refractivity contribution < 1.29 is 27.5 Å². The third-order valence-corrected chi connectivity index (χ3v) is 10.5. The van der Waals surface area contributed by atoms with Gasteiger partial charge in [-0.1, -0.05) is 61.7 Å². The van der Waals surface area contributed by atoms with Crippen LogP contribution < -0.4 is 19.7 Å². The molecule has 40 heavy (non-hydrogen) atoms. The van der Waals surface area contributed by atoms with Crippen LogP contribution in [0.15, 0.2) is 35.2 Å². The van der Waals surface area contributed by atoms with E-state index in [1.54, 1.807) is 16.4 Å². The molecule has 0 spiro atoms. The highest BCUT2D eigenvalue weighted by Gasteiger charge is 2.40. The average molecular weight is 611 g/mol. The zero-order valence-corrected chi connectivity index (χ0v) is 24.7. The van der Waals surface area contributed by atoms with Crippen LogP contribution in [0.25, 0.3) is 0 Å². The van der Waals surface area contributed by atoms with Crippen LogP contribution in [0, 0.1) is 0 Å². The second-order valence-corrected chi connectivity index (χ2v) is 13.1. The van der Waals surface area contributed by atoms with Crippen molar-refractivity contribution in [2.75, 3.05) is 18.6 Å². The predicted molar refractivity (Wildman–Crippen MR) is 153 cm³/mol. The van der Waals surface area contributed by atoms with E-state index in [1.807, 2.05) is 0 Å². The Balaban J connectivity index is 1.48. The number of nitrogens with zero attached hydrogens (tertiary/aromatic N) is 2. The topological polar surface area (TPSA) is 105 Å². The fourth-order valence-corrected chi connectivity index (χ4v) is 8.62. The summed E-state index contributed by atoms with van der Waals surface area (Å²) in [5.74, 6) is 0.126. The highest BCUT2D eigenvalue weighted by molar-refractivity contribution is 7.89. The summed E-state index contributed by atoms with van der Waals surface area (Å²) in [6, 6.07) is 6.90. The first-order valence-corrected chi connectivity index (χ1v) is 15.9. The number of rotatable bonds is 8. The molecule has 1 heterocycles. The molecule has 12 heteroatoms. The summed E-state index contributed by atoms with van der Waals surface area (Å²) in [4.78, 5) is 24.9. The van der Waals surface area contributed by atoms with Crippen LogP contribution in [0.3, 0.4) is 0 Å². The summed E-state index contributed by atoms with van der Waals surface area (Å²) in [7, 11) is -2.48. The number of ether oxygens (including phenoxy) is 2. The van der Waals surface area contributed by atoms with Crippen molar-refractivity contribution in [3.8, 4) is 17.2 Å². The molecule has 5 rings (SSSR count). The Morgan fingerprint density at radius 1 is 0.900 bits per heavy atom. The van der Waals surface area contributed by atoms with Gasteiger partial charge in [0.25, 0.3) is 0 Å². The summed E-state index contributed by atoms with van der Waals surface area (Å²) in [5.41, 5.74) is 0.333. The Morgan fingerprint density at radius 3 is 1.98 bits per heavy atom. The number of imide groups is 1. The lowest BCUT2D eigenvalue weighted by Crippen LogP contribution is -2.48. The molecule has 2 aromatic rings. The molecule has 3 fully saturated rings. The molecule has 1 N–H and O–H groups in total. The molecule has 2 aliphatic carbocycles. The second kappa shape index (κ2) is 12.1. The number of benzene rings is 2. The first kappa shape index (κ1) is 29.0. The molecule has 0 aromatic heterocycles. The summed E-state index contributed by atoms with van der Waals surface area (Å²) in [6.45, 7) is -0.149. The lowest BCUT2D eigenvalue weighted by molar-refractivity contribution is -0.117. The largest absolute Gasteiger partial charge is 0.495 e. The summed E-state index contributed by atoms with van der Waals surface area (Å²) in [5, 5.41) is 2.40. The van der Waals surface area contributed by atoms with E-state index in [9.17, 15) is 18.0 Å². The predicted octanol–water partition coefficient (Wildman–Crippen LogP) is 6.51. The quantitative estimate of drug-likeness (QED) is 0.342. The molecular formula is C28H33Cl2N3O6S. The third kappa shape index (κ3) is 5.91. The van der Waals surface area contributed by atoms with E-state index in [-0.39, 0.29) is 50.8 Å². The van der Waals surface area contributed by atoms with Crippen LogP contribution in [-0.4, -0.2) is 50.4 Å². The number of hydrogen-bond donors (Lipinski definition) is 1. The van der Waals surface area contributed by atoms with E-state index in [0.717, 1.165) is 64.2 Å². The molecule has 0 atom stereocenters. The van der Waals surface area contributed by atoms with E-state index >= 15 is 0 Å². The van der Waals surface area contributed by atoms with Gasteiger partial charge in [-0.2, -0.15) is 4.31 Å². The lowest BCUT2D eigenvalue weighted by atomic mass is 9.91. The van der Waals surface area contributed by atoms with Gasteiger partial charge in [0.2, 0.25) is 15.9 Å². The first-order chi connectivity index (χ1) is 19.2. The van der Waals surface area contributed by atoms with Gasteiger partial charge in [-0.25, -0.2) is 13.2 Å². The Hall–Kier alpha value is -2.53. The van der Waals surface area contributed by atoms with Crippen LogP contribution in [0.5, 0.6) is 17.2 Å². The highest BCUT2D eigenvalue weighted by atomic mass is 35.5. The number of carbonyl (C=O) groups excluding carboxylic acids is 2. The number of amides is 3. The molecule has 0 radical (unpaired) electrons. The van der Waals surface area contributed by atoms with E-state index in [4.69, 9.17) is 32.7 Å². The summed E-state index contributed by atoms with van der Waals surface area (Å²) < 4.78 is 42.0. The fraction of sp³-hybridized carbons (Fsp3) is 0.500. The Bertz CT molecular complexity index is 1350. The zero-order valence-electron chi connectivity index (χ0n) is 22.3. The number of sulfonamides is 1. The minimum atomic E-state index is -3.93. The van der Waals surface area contributed by atoms with Gasteiger partial charge in [0.05, 0.1) is 17.2 Å². The van der Waals surface area contributed by atoms with E-state index in [0.29, 0.717) is 5.69 Å². The number of halogens is 2. The minimum Gasteiger partial charge on any atom is -0.495 e. The van der Waals surface area contributed by atoms with E-state index < -0.39 is 22.0 Å². The molecule has 9 nitrogen and oxygen atoms in total. The van der Waals surface area contributed by atoms with Gasteiger partial charge in [-0.05, 0) is 49.9 Å². The van der Waals surface area contributed by atoms with Crippen molar-refractivity contribution in [2.45, 2.75) is 81.2 Å². The van der Waals surface area contributed by atoms with Crippen LogP contribution in [0.2, 0.25) is 10.0 Å². The van der Waals surface area contributed by atoms with Crippen molar-refractivity contribution in [2.24, 2.45) is 0 Å². The zero-order chi connectivity index (χ0) is 28.4. The lowest BCUT2D eigenvalue weighted by Gasteiger charge is -2.40. The Kier molecular flexibility index (Phi) is 8.80.